The van der Waals surface area contributed by atoms with Gasteiger partial charge in [-0.25, -0.2) is 4.79 Å². The molecule has 0 bridgehead atoms. The van der Waals surface area contributed by atoms with Crippen LogP contribution < -0.4 is 16.0 Å². The number of aliphatic carboxylic acids is 1. The minimum absolute atomic E-state index is 0.182. The van der Waals surface area contributed by atoms with Crippen molar-refractivity contribution in [1.82, 2.24) is 5.32 Å². The number of carbonyl (C=O) groups is 2. The molecule has 1 N–H and O–H groups in total. The third kappa shape index (κ3) is 3.34. The van der Waals surface area contributed by atoms with Crippen LogP contribution in [0.4, 0.5) is 0 Å². The van der Waals surface area contributed by atoms with Gasteiger partial charge in [-0.3, -0.25) is 4.79 Å². The summed E-state index contributed by atoms with van der Waals surface area (Å²) in [6, 6.07) is 11.7. The lowest BCUT2D eigenvalue weighted by molar-refractivity contribution is -0.304. The first-order valence-electron chi connectivity index (χ1n) is 9.36. The summed E-state index contributed by atoms with van der Waals surface area (Å²) in [7, 11) is 0. The summed E-state index contributed by atoms with van der Waals surface area (Å²) in [5.74, 6) is -2.00. The lowest BCUT2D eigenvalue weighted by Gasteiger charge is -2.11. The monoisotopic (exact) mass is 404 g/mol. The number of carboxylic acid groups (broad SMARTS) is 1. The standard InChI is InChI=1S/C23H19NO6/c1-12-15-8-17-18(14-6-4-3-5-7-14)11-29-21(17)13(2)22(15)30-23(28)16(12)9-19(25)24-10-20(26)27/h3-8,11H,9-10H2,1-2H3,(H,24,25)(H,26,27)/p-1. The first-order valence-corrected chi connectivity index (χ1v) is 9.36. The molecule has 0 aliphatic carbocycles. The number of furan rings is 1. The fourth-order valence-electron chi connectivity index (χ4n) is 3.64. The highest BCUT2D eigenvalue weighted by Gasteiger charge is 2.20. The summed E-state index contributed by atoms with van der Waals surface area (Å²) < 4.78 is 11.3. The van der Waals surface area contributed by atoms with Crippen molar-refractivity contribution < 1.29 is 23.5 Å². The van der Waals surface area contributed by atoms with Gasteiger partial charge in [0.05, 0.1) is 30.8 Å². The van der Waals surface area contributed by atoms with Gasteiger partial charge >= 0.3 is 5.63 Å². The smallest absolute Gasteiger partial charge is 0.340 e. The zero-order chi connectivity index (χ0) is 21.4. The second-order valence-corrected chi connectivity index (χ2v) is 7.09. The summed E-state index contributed by atoms with van der Waals surface area (Å²) in [5.41, 5.74) is 3.78. The lowest BCUT2D eigenvalue weighted by atomic mass is 9.97. The van der Waals surface area contributed by atoms with E-state index in [1.54, 1.807) is 13.2 Å². The Morgan fingerprint density at radius 1 is 1.03 bits per heavy atom. The molecule has 0 saturated carbocycles. The van der Waals surface area contributed by atoms with Crippen molar-refractivity contribution in [3.05, 3.63) is 69.8 Å². The number of hydrogen-bond donors (Lipinski definition) is 1. The highest BCUT2D eigenvalue weighted by molar-refractivity contribution is 6.05. The minimum Gasteiger partial charge on any atom is -0.548 e. The second-order valence-electron chi connectivity index (χ2n) is 7.09. The van der Waals surface area contributed by atoms with Gasteiger partial charge in [0.15, 0.2) is 0 Å². The minimum atomic E-state index is -1.41. The molecule has 0 radical (unpaired) electrons. The van der Waals surface area contributed by atoms with Crippen LogP contribution in [0.15, 0.2) is 56.3 Å². The number of fused-ring (bicyclic) bond motifs is 2. The van der Waals surface area contributed by atoms with E-state index in [1.165, 1.54) is 0 Å². The molecule has 0 fully saturated rings. The van der Waals surface area contributed by atoms with Crippen LogP contribution >= 0.6 is 0 Å². The average Bonchev–Trinajstić information content (AvgIpc) is 3.15. The lowest BCUT2D eigenvalue weighted by Crippen LogP contribution is -2.38. The van der Waals surface area contributed by atoms with Crippen LogP contribution in [-0.4, -0.2) is 18.4 Å². The molecule has 2 aromatic heterocycles. The van der Waals surface area contributed by atoms with Gasteiger partial charge in [0, 0.05) is 21.9 Å². The number of amides is 1. The van der Waals surface area contributed by atoms with Crippen molar-refractivity contribution in [3.63, 3.8) is 0 Å². The Kier molecular flexibility index (Phi) is 4.87. The molecule has 0 unspecified atom stereocenters. The first-order chi connectivity index (χ1) is 14.4. The maximum Gasteiger partial charge on any atom is 0.340 e. The molecule has 2 heterocycles. The molecule has 30 heavy (non-hydrogen) atoms. The fourth-order valence-corrected chi connectivity index (χ4v) is 3.64. The van der Waals surface area contributed by atoms with E-state index in [9.17, 15) is 19.5 Å². The van der Waals surface area contributed by atoms with Crippen molar-refractivity contribution >= 4 is 33.8 Å². The predicted molar refractivity (Wildman–Crippen MR) is 109 cm³/mol. The Bertz CT molecular complexity index is 1350. The summed E-state index contributed by atoms with van der Waals surface area (Å²) in [4.78, 5) is 35.1. The molecular formula is C23H18NO6-. The van der Waals surface area contributed by atoms with Crippen LogP contribution in [0.1, 0.15) is 16.7 Å². The molecule has 152 valence electrons. The van der Waals surface area contributed by atoms with Crippen molar-refractivity contribution in [1.29, 1.82) is 0 Å². The van der Waals surface area contributed by atoms with Crippen molar-refractivity contribution in [2.45, 2.75) is 20.3 Å². The highest BCUT2D eigenvalue weighted by atomic mass is 16.4. The number of carbonyl (C=O) groups excluding carboxylic acids is 2. The molecule has 0 saturated heterocycles. The summed E-state index contributed by atoms with van der Waals surface area (Å²) in [5, 5.41) is 14.3. The van der Waals surface area contributed by atoms with E-state index in [0.29, 0.717) is 27.7 Å². The zero-order valence-electron chi connectivity index (χ0n) is 16.4. The van der Waals surface area contributed by atoms with Gasteiger partial charge in [-0.2, -0.15) is 0 Å². The van der Waals surface area contributed by atoms with Gasteiger partial charge < -0.3 is 24.1 Å². The van der Waals surface area contributed by atoms with E-state index in [1.807, 2.05) is 43.3 Å². The van der Waals surface area contributed by atoms with Gasteiger partial charge in [0.2, 0.25) is 5.91 Å². The Balaban J connectivity index is 1.87. The SMILES string of the molecule is Cc1c(CC(=O)NCC(=O)[O-])c(=O)oc2c(C)c3occ(-c4ccccc4)c3cc12. The molecule has 0 aliphatic rings. The Labute approximate surface area is 170 Å². The average molecular weight is 404 g/mol. The topological polar surface area (TPSA) is 113 Å². The van der Waals surface area contributed by atoms with E-state index in [2.05, 4.69) is 5.32 Å². The van der Waals surface area contributed by atoms with Crippen LogP contribution in [0.5, 0.6) is 0 Å². The van der Waals surface area contributed by atoms with Gasteiger partial charge in [-0.1, -0.05) is 30.3 Å². The first kappa shape index (κ1) is 19.4. The van der Waals surface area contributed by atoms with E-state index in [-0.39, 0.29) is 12.0 Å². The zero-order valence-corrected chi connectivity index (χ0v) is 16.4. The van der Waals surface area contributed by atoms with Crippen LogP contribution in [0.2, 0.25) is 0 Å². The maximum absolute atomic E-state index is 12.5. The molecule has 4 rings (SSSR count). The molecular weight excluding hydrogens is 386 g/mol. The molecule has 0 spiro atoms. The highest BCUT2D eigenvalue weighted by Crippen LogP contribution is 2.37. The fraction of sp³-hybridized carbons (Fsp3) is 0.174. The quantitative estimate of drug-likeness (QED) is 0.511. The normalized spacial score (nSPS) is 11.1. The van der Waals surface area contributed by atoms with Crippen molar-refractivity contribution in [3.8, 4) is 11.1 Å². The molecule has 2 aromatic carbocycles. The van der Waals surface area contributed by atoms with E-state index >= 15 is 0 Å². The van der Waals surface area contributed by atoms with Gasteiger partial charge in [-0.05, 0) is 31.0 Å². The molecule has 0 atom stereocenters. The Morgan fingerprint density at radius 2 is 1.77 bits per heavy atom. The van der Waals surface area contributed by atoms with Crippen LogP contribution in [0.25, 0.3) is 33.1 Å². The van der Waals surface area contributed by atoms with Crippen molar-refractivity contribution in [2.75, 3.05) is 6.54 Å². The molecule has 1 amide bonds. The largest absolute Gasteiger partial charge is 0.548 e. The second kappa shape index (κ2) is 7.51. The van der Waals surface area contributed by atoms with Gasteiger partial charge in [-0.15, -0.1) is 0 Å². The summed E-state index contributed by atoms with van der Waals surface area (Å²) in [6.45, 7) is 2.94. The molecule has 4 aromatic rings. The third-order valence-electron chi connectivity index (χ3n) is 5.19. The van der Waals surface area contributed by atoms with Crippen molar-refractivity contribution in [2.24, 2.45) is 0 Å². The Morgan fingerprint density at radius 3 is 2.47 bits per heavy atom. The molecule has 0 aliphatic heterocycles. The van der Waals surface area contributed by atoms with E-state index < -0.39 is 24.0 Å². The predicted octanol–water partition coefficient (Wildman–Crippen LogP) is 2.23. The summed E-state index contributed by atoms with van der Waals surface area (Å²) >= 11 is 0. The maximum atomic E-state index is 12.5. The van der Waals surface area contributed by atoms with E-state index in [4.69, 9.17) is 8.83 Å². The van der Waals surface area contributed by atoms with Gasteiger partial charge in [0.1, 0.15) is 11.2 Å². The van der Waals surface area contributed by atoms with E-state index in [0.717, 1.165) is 16.5 Å². The number of rotatable bonds is 5. The number of aryl methyl sites for hydroxylation is 2. The number of nitrogens with one attached hydrogen (secondary N) is 1. The summed E-state index contributed by atoms with van der Waals surface area (Å²) in [6.07, 6.45) is 1.39. The number of benzene rings is 2. The van der Waals surface area contributed by atoms with Crippen LogP contribution in [-0.2, 0) is 16.0 Å². The third-order valence-corrected chi connectivity index (χ3v) is 5.19. The van der Waals surface area contributed by atoms with Crippen LogP contribution in [0.3, 0.4) is 0 Å². The molecule has 7 heteroatoms. The Hall–Kier alpha value is -3.87. The molecule has 7 nitrogen and oxygen atoms in total. The number of carboxylic acids is 1. The number of hydrogen-bond acceptors (Lipinski definition) is 6. The van der Waals surface area contributed by atoms with Gasteiger partial charge in [0.25, 0.3) is 0 Å². The van der Waals surface area contributed by atoms with Crippen LogP contribution in [0, 0.1) is 13.8 Å².